The lowest BCUT2D eigenvalue weighted by atomic mass is 9.89. The zero-order chi connectivity index (χ0) is 21.9. The normalized spacial score (nSPS) is 21.0. The Morgan fingerprint density at radius 3 is 2.28 bits per heavy atom. The number of carbonyl (C=O) groups is 1. The summed E-state index contributed by atoms with van der Waals surface area (Å²) in [6.45, 7) is 6.50. The van der Waals surface area contributed by atoms with Crippen molar-refractivity contribution in [2.75, 3.05) is 13.1 Å². The van der Waals surface area contributed by atoms with E-state index in [2.05, 4.69) is 10.6 Å². The van der Waals surface area contributed by atoms with Gasteiger partial charge in [0, 0.05) is 5.54 Å². The summed E-state index contributed by atoms with van der Waals surface area (Å²) < 4.78 is 64.2. The van der Waals surface area contributed by atoms with Crippen LogP contribution in [0.15, 0.2) is 29.2 Å². The third kappa shape index (κ3) is 6.99. The van der Waals surface area contributed by atoms with E-state index in [1.165, 1.54) is 6.07 Å². The Kier molecular flexibility index (Phi) is 7.37. The number of sulfone groups is 1. The minimum absolute atomic E-state index is 0.0988. The van der Waals surface area contributed by atoms with Gasteiger partial charge >= 0.3 is 6.18 Å². The lowest BCUT2D eigenvalue weighted by Gasteiger charge is -2.29. The Morgan fingerprint density at radius 2 is 1.72 bits per heavy atom. The first-order chi connectivity index (χ1) is 13.3. The van der Waals surface area contributed by atoms with Crippen molar-refractivity contribution in [2.45, 2.75) is 68.3 Å². The molecule has 0 aliphatic heterocycles. The van der Waals surface area contributed by atoms with Crippen LogP contribution in [0.1, 0.15) is 52.0 Å². The minimum Gasteiger partial charge on any atom is -0.350 e. The molecule has 1 saturated carbocycles. The molecule has 29 heavy (non-hydrogen) atoms. The minimum atomic E-state index is -4.58. The smallest absolute Gasteiger partial charge is 0.350 e. The molecule has 1 aromatic rings. The van der Waals surface area contributed by atoms with Gasteiger partial charge in [0.05, 0.1) is 22.3 Å². The van der Waals surface area contributed by atoms with Crippen LogP contribution in [0.3, 0.4) is 0 Å². The molecule has 1 fully saturated rings. The van der Waals surface area contributed by atoms with Crippen molar-refractivity contribution in [1.29, 1.82) is 0 Å². The average Bonchev–Trinajstić information content (AvgIpc) is 2.60. The molecule has 9 heteroatoms. The summed E-state index contributed by atoms with van der Waals surface area (Å²) in [6.07, 6.45) is -2.47. The average molecular weight is 435 g/mol. The molecular formula is C20H29F3N2O3S. The number of rotatable bonds is 6. The van der Waals surface area contributed by atoms with Gasteiger partial charge in [-0.1, -0.05) is 6.07 Å². The van der Waals surface area contributed by atoms with Crippen LogP contribution >= 0.6 is 0 Å². The zero-order valence-corrected chi connectivity index (χ0v) is 17.8. The summed E-state index contributed by atoms with van der Waals surface area (Å²) in [6, 6.07) is 3.95. The van der Waals surface area contributed by atoms with Crippen LogP contribution in [-0.2, 0) is 20.8 Å². The van der Waals surface area contributed by atoms with Crippen LogP contribution in [0.2, 0.25) is 0 Å². The number of nitrogens with one attached hydrogen (secondary N) is 2. The summed E-state index contributed by atoms with van der Waals surface area (Å²) >= 11 is 0. The van der Waals surface area contributed by atoms with Crippen LogP contribution < -0.4 is 10.6 Å². The first-order valence-corrected chi connectivity index (χ1v) is 11.3. The Labute approximate surface area is 170 Å². The number of hydrogen-bond acceptors (Lipinski definition) is 4. The summed E-state index contributed by atoms with van der Waals surface area (Å²) in [5, 5.41) is 5.28. The molecule has 0 saturated heterocycles. The van der Waals surface area contributed by atoms with Crippen LogP contribution in [-0.4, -0.2) is 38.2 Å². The molecule has 2 N–H and O–H groups in total. The quantitative estimate of drug-likeness (QED) is 0.718. The van der Waals surface area contributed by atoms with Gasteiger partial charge in [0.2, 0.25) is 5.91 Å². The molecule has 1 amide bonds. The highest BCUT2D eigenvalue weighted by molar-refractivity contribution is 7.92. The second-order valence-electron chi connectivity index (χ2n) is 8.64. The maximum atomic E-state index is 12.9. The van der Waals surface area contributed by atoms with Crippen molar-refractivity contribution in [3.05, 3.63) is 29.8 Å². The van der Waals surface area contributed by atoms with Crippen molar-refractivity contribution in [2.24, 2.45) is 5.92 Å². The van der Waals surface area contributed by atoms with Gasteiger partial charge in [-0.2, -0.15) is 13.2 Å². The highest BCUT2D eigenvalue weighted by Gasteiger charge is 2.35. The fraction of sp³-hybridized carbons (Fsp3) is 0.650. The van der Waals surface area contributed by atoms with Gasteiger partial charge in [-0.3, -0.25) is 4.79 Å². The highest BCUT2D eigenvalue weighted by Crippen LogP contribution is 2.34. The summed E-state index contributed by atoms with van der Waals surface area (Å²) in [5.74, 6) is 0.142. The second kappa shape index (κ2) is 9.04. The molecule has 2 rings (SSSR count). The van der Waals surface area contributed by atoms with Gasteiger partial charge in [0.15, 0.2) is 9.84 Å². The fourth-order valence-corrected chi connectivity index (χ4v) is 5.38. The molecule has 0 aromatic heterocycles. The van der Waals surface area contributed by atoms with E-state index in [0.717, 1.165) is 18.2 Å². The van der Waals surface area contributed by atoms with Crippen LogP contribution in [0.5, 0.6) is 0 Å². The number of hydrogen-bond donors (Lipinski definition) is 2. The van der Waals surface area contributed by atoms with E-state index < -0.39 is 26.8 Å². The van der Waals surface area contributed by atoms with E-state index in [4.69, 9.17) is 0 Å². The van der Waals surface area contributed by atoms with E-state index in [1.54, 1.807) is 0 Å². The molecule has 1 aliphatic carbocycles. The van der Waals surface area contributed by atoms with Gasteiger partial charge < -0.3 is 10.6 Å². The molecule has 164 valence electrons. The Bertz CT molecular complexity index is 809. The van der Waals surface area contributed by atoms with E-state index in [-0.39, 0.29) is 28.8 Å². The molecule has 1 aliphatic rings. The Morgan fingerprint density at radius 1 is 1.10 bits per heavy atom. The maximum Gasteiger partial charge on any atom is 0.416 e. The summed E-state index contributed by atoms with van der Waals surface area (Å²) in [5.41, 5.74) is -1.25. The molecule has 0 atom stereocenters. The predicted molar refractivity (Wildman–Crippen MR) is 105 cm³/mol. The number of amides is 1. The maximum absolute atomic E-state index is 12.9. The van der Waals surface area contributed by atoms with E-state index >= 15 is 0 Å². The van der Waals surface area contributed by atoms with Gasteiger partial charge in [-0.15, -0.1) is 0 Å². The fourth-order valence-electron chi connectivity index (χ4n) is 3.54. The third-order valence-electron chi connectivity index (χ3n) is 4.96. The molecule has 0 spiro atoms. The van der Waals surface area contributed by atoms with Gasteiger partial charge in [-0.05, 0) is 77.1 Å². The number of halogens is 3. The molecule has 5 nitrogen and oxygen atoms in total. The zero-order valence-electron chi connectivity index (χ0n) is 17.0. The van der Waals surface area contributed by atoms with Gasteiger partial charge in [-0.25, -0.2) is 8.42 Å². The van der Waals surface area contributed by atoms with Gasteiger partial charge in [0.25, 0.3) is 0 Å². The topological polar surface area (TPSA) is 75.3 Å². The second-order valence-corrected chi connectivity index (χ2v) is 10.9. The number of benzene rings is 1. The summed E-state index contributed by atoms with van der Waals surface area (Å²) in [7, 11) is -3.81. The van der Waals surface area contributed by atoms with Gasteiger partial charge in [0.1, 0.15) is 0 Å². The number of carbonyl (C=O) groups excluding carboxylic acids is 1. The van der Waals surface area contributed by atoms with Crippen molar-refractivity contribution in [3.63, 3.8) is 0 Å². The molecule has 0 unspecified atom stereocenters. The van der Waals surface area contributed by atoms with E-state index in [9.17, 15) is 26.4 Å². The first-order valence-electron chi connectivity index (χ1n) is 9.72. The molecule has 1 aromatic carbocycles. The third-order valence-corrected chi connectivity index (χ3v) is 7.22. The Balaban J connectivity index is 1.88. The first kappa shape index (κ1) is 23.7. The molecule has 0 heterocycles. The van der Waals surface area contributed by atoms with E-state index in [0.29, 0.717) is 32.2 Å². The van der Waals surface area contributed by atoms with Crippen LogP contribution in [0.4, 0.5) is 13.2 Å². The molecule has 0 bridgehead atoms. The standard InChI is InChI=1S/C20H29F3N2O3S/c1-19(2,3)25-18(26)13-24-12-14-7-9-16(10-8-14)29(27,28)17-6-4-5-15(11-17)20(21,22)23/h4-6,11,14,16,24H,7-10,12-13H2,1-3H3,(H,25,26). The largest absolute Gasteiger partial charge is 0.416 e. The van der Waals surface area contributed by atoms with Crippen molar-refractivity contribution < 1.29 is 26.4 Å². The van der Waals surface area contributed by atoms with Crippen LogP contribution in [0.25, 0.3) is 0 Å². The monoisotopic (exact) mass is 434 g/mol. The van der Waals surface area contributed by atoms with Crippen LogP contribution in [0, 0.1) is 5.92 Å². The SMILES string of the molecule is CC(C)(C)NC(=O)CNCC1CCC(S(=O)(=O)c2cccc(C(F)(F)F)c2)CC1. The molecule has 0 radical (unpaired) electrons. The number of alkyl halides is 3. The van der Waals surface area contributed by atoms with Crippen molar-refractivity contribution in [1.82, 2.24) is 10.6 Å². The van der Waals surface area contributed by atoms with E-state index in [1.807, 2.05) is 20.8 Å². The lowest BCUT2D eigenvalue weighted by molar-refractivity contribution is -0.137. The Hall–Kier alpha value is -1.61. The predicted octanol–water partition coefficient (Wildman–Crippen LogP) is 3.54. The summed E-state index contributed by atoms with van der Waals surface area (Å²) in [4.78, 5) is 11.5. The van der Waals surface area contributed by atoms with Crippen molar-refractivity contribution >= 4 is 15.7 Å². The highest BCUT2D eigenvalue weighted by atomic mass is 32.2. The lowest BCUT2D eigenvalue weighted by Crippen LogP contribution is -2.45. The molecular weight excluding hydrogens is 405 g/mol. The van der Waals surface area contributed by atoms with Crippen molar-refractivity contribution in [3.8, 4) is 0 Å².